The van der Waals surface area contributed by atoms with Gasteiger partial charge in [0.15, 0.2) is 0 Å². The van der Waals surface area contributed by atoms with E-state index < -0.39 is 0 Å². The van der Waals surface area contributed by atoms with Gasteiger partial charge in [-0.05, 0) is 20.8 Å². The standard InChI is InChI=1S/C6H11N/c1-4-6(3)7-5-2/h4-5H,1-3H3. The SMILES string of the molecule is CC=NC(C)=CC. The summed E-state index contributed by atoms with van der Waals surface area (Å²) in [4.78, 5) is 3.98. The first-order valence-corrected chi connectivity index (χ1v) is 2.43. The molecule has 0 spiro atoms. The zero-order chi connectivity index (χ0) is 5.70. The minimum Gasteiger partial charge on any atom is -0.267 e. The minimum absolute atomic E-state index is 1.07. The molecule has 1 nitrogen and oxygen atoms in total. The van der Waals surface area contributed by atoms with Crippen LogP contribution >= 0.6 is 0 Å². The minimum atomic E-state index is 1.07. The van der Waals surface area contributed by atoms with Crippen molar-refractivity contribution in [3.63, 3.8) is 0 Å². The molecule has 0 aliphatic heterocycles. The van der Waals surface area contributed by atoms with Gasteiger partial charge in [0.05, 0.1) is 0 Å². The number of hydrogen-bond acceptors (Lipinski definition) is 1. The Labute approximate surface area is 44.8 Å². The van der Waals surface area contributed by atoms with Crippen LogP contribution in [0.25, 0.3) is 0 Å². The monoisotopic (exact) mass is 97.1 g/mol. The Morgan fingerprint density at radius 1 is 1.43 bits per heavy atom. The van der Waals surface area contributed by atoms with E-state index in [2.05, 4.69) is 4.99 Å². The van der Waals surface area contributed by atoms with Crippen LogP contribution in [0.1, 0.15) is 20.8 Å². The highest BCUT2D eigenvalue weighted by atomic mass is 14.7. The van der Waals surface area contributed by atoms with E-state index in [0.29, 0.717) is 0 Å². The van der Waals surface area contributed by atoms with Gasteiger partial charge in [-0.1, -0.05) is 6.08 Å². The summed E-state index contributed by atoms with van der Waals surface area (Å²) in [6, 6.07) is 0. The Kier molecular flexibility index (Phi) is 3.29. The zero-order valence-corrected chi connectivity index (χ0v) is 5.10. The van der Waals surface area contributed by atoms with Gasteiger partial charge in [0.25, 0.3) is 0 Å². The van der Waals surface area contributed by atoms with Gasteiger partial charge in [0.1, 0.15) is 0 Å². The first-order chi connectivity index (χ1) is 3.31. The van der Waals surface area contributed by atoms with Gasteiger partial charge < -0.3 is 0 Å². The first-order valence-electron chi connectivity index (χ1n) is 2.43. The average Bonchev–Trinajstić information content (AvgIpc) is 1.68. The van der Waals surface area contributed by atoms with E-state index in [1.165, 1.54) is 0 Å². The molecular formula is C6H11N. The highest BCUT2D eigenvalue weighted by Gasteiger charge is 1.70. The number of aliphatic imine (C=N–C) groups is 1. The summed E-state index contributed by atoms with van der Waals surface area (Å²) in [6.07, 6.45) is 3.76. The van der Waals surface area contributed by atoms with Crippen LogP contribution in [0.2, 0.25) is 0 Å². The maximum absolute atomic E-state index is 3.98. The lowest BCUT2D eigenvalue weighted by atomic mass is 10.5. The van der Waals surface area contributed by atoms with Crippen molar-refractivity contribution in [2.45, 2.75) is 20.8 Å². The lowest BCUT2D eigenvalue weighted by Gasteiger charge is -1.81. The molecule has 0 aliphatic carbocycles. The van der Waals surface area contributed by atoms with Gasteiger partial charge in [-0.2, -0.15) is 0 Å². The highest BCUT2D eigenvalue weighted by molar-refractivity contribution is 5.54. The van der Waals surface area contributed by atoms with Gasteiger partial charge in [-0.3, -0.25) is 4.99 Å². The molecular weight excluding hydrogens is 86.1 g/mol. The molecule has 40 valence electrons. The van der Waals surface area contributed by atoms with E-state index in [-0.39, 0.29) is 0 Å². The smallest absolute Gasteiger partial charge is 0.0326 e. The molecule has 0 radical (unpaired) electrons. The summed E-state index contributed by atoms with van der Waals surface area (Å²) in [6.45, 7) is 5.86. The predicted octanol–water partition coefficient (Wildman–Crippen LogP) is 2.00. The van der Waals surface area contributed by atoms with Gasteiger partial charge in [-0.25, -0.2) is 0 Å². The zero-order valence-electron chi connectivity index (χ0n) is 5.10. The molecule has 0 bridgehead atoms. The summed E-state index contributed by atoms with van der Waals surface area (Å²) >= 11 is 0. The molecule has 0 atom stereocenters. The normalized spacial score (nSPS) is 13.3. The van der Waals surface area contributed by atoms with Crippen LogP contribution in [0, 0.1) is 0 Å². The Morgan fingerprint density at radius 2 is 2.00 bits per heavy atom. The molecule has 0 N–H and O–H groups in total. The van der Waals surface area contributed by atoms with Crippen LogP contribution < -0.4 is 0 Å². The summed E-state index contributed by atoms with van der Waals surface area (Å²) in [7, 11) is 0. The third kappa shape index (κ3) is 3.23. The average molecular weight is 97.2 g/mol. The fourth-order valence-corrected chi connectivity index (χ4v) is 0.278. The summed E-state index contributed by atoms with van der Waals surface area (Å²) in [5, 5.41) is 0. The fraction of sp³-hybridized carbons (Fsp3) is 0.500. The maximum Gasteiger partial charge on any atom is 0.0326 e. The Bertz CT molecular complexity index is 90.4. The van der Waals surface area contributed by atoms with Crippen molar-refractivity contribution < 1.29 is 0 Å². The lowest BCUT2D eigenvalue weighted by Crippen LogP contribution is -1.64. The molecule has 0 aromatic rings. The van der Waals surface area contributed by atoms with Crippen molar-refractivity contribution in [3.8, 4) is 0 Å². The molecule has 7 heavy (non-hydrogen) atoms. The molecule has 0 aliphatic rings. The first kappa shape index (κ1) is 6.41. The van der Waals surface area contributed by atoms with Crippen molar-refractivity contribution >= 4 is 6.21 Å². The summed E-state index contributed by atoms with van der Waals surface area (Å²) in [5.41, 5.74) is 1.07. The van der Waals surface area contributed by atoms with Gasteiger partial charge in [0.2, 0.25) is 0 Å². The summed E-state index contributed by atoms with van der Waals surface area (Å²) < 4.78 is 0. The van der Waals surface area contributed by atoms with Crippen molar-refractivity contribution in [2.24, 2.45) is 4.99 Å². The topological polar surface area (TPSA) is 12.4 Å². The molecule has 0 saturated carbocycles. The summed E-state index contributed by atoms with van der Waals surface area (Å²) in [5.74, 6) is 0. The van der Waals surface area contributed by atoms with Crippen LogP contribution in [0.3, 0.4) is 0 Å². The highest BCUT2D eigenvalue weighted by Crippen LogP contribution is 1.89. The number of hydrogen-bond donors (Lipinski definition) is 0. The van der Waals surface area contributed by atoms with Crippen molar-refractivity contribution in [1.29, 1.82) is 0 Å². The lowest BCUT2D eigenvalue weighted by molar-refractivity contribution is 1.29. The second-order valence-corrected chi connectivity index (χ2v) is 1.32. The second kappa shape index (κ2) is 3.59. The Balaban J connectivity index is 3.58. The van der Waals surface area contributed by atoms with Crippen LogP contribution in [-0.4, -0.2) is 6.21 Å². The maximum atomic E-state index is 3.98. The van der Waals surface area contributed by atoms with Crippen LogP contribution in [0.4, 0.5) is 0 Å². The van der Waals surface area contributed by atoms with Gasteiger partial charge in [-0.15, -0.1) is 0 Å². The Hall–Kier alpha value is -0.590. The molecule has 0 amide bonds. The van der Waals surface area contributed by atoms with Gasteiger partial charge in [0, 0.05) is 11.9 Å². The molecule has 0 aromatic carbocycles. The van der Waals surface area contributed by atoms with E-state index in [0.717, 1.165) is 5.70 Å². The number of allylic oxidation sites excluding steroid dienone is 2. The fourth-order valence-electron chi connectivity index (χ4n) is 0.278. The third-order valence-electron chi connectivity index (χ3n) is 0.751. The van der Waals surface area contributed by atoms with Crippen molar-refractivity contribution in [2.75, 3.05) is 0 Å². The van der Waals surface area contributed by atoms with E-state index >= 15 is 0 Å². The van der Waals surface area contributed by atoms with E-state index in [1.807, 2.05) is 26.8 Å². The van der Waals surface area contributed by atoms with E-state index in [1.54, 1.807) is 6.21 Å². The largest absolute Gasteiger partial charge is 0.267 e. The molecule has 0 rings (SSSR count). The molecule has 1 heteroatoms. The van der Waals surface area contributed by atoms with Gasteiger partial charge >= 0.3 is 0 Å². The molecule has 0 saturated heterocycles. The Morgan fingerprint density at radius 3 is 2.14 bits per heavy atom. The van der Waals surface area contributed by atoms with E-state index in [4.69, 9.17) is 0 Å². The molecule has 0 fully saturated rings. The predicted molar refractivity (Wildman–Crippen MR) is 33.6 cm³/mol. The number of rotatable bonds is 1. The molecule has 0 aromatic heterocycles. The van der Waals surface area contributed by atoms with Crippen LogP contribution in [-0.2, 0) is 0 Å². The second-order valence-electron chi connectivity index (χ2n) is 1.32. The number of nitrogens with zero attached hydrogens (tertiary/aromatic N) is 1. The quantitative estimate of drug-likeness (QED) is 0.444. The van der Waals surface area contributed by atoms with E-state index in [9.17, 15) is 0 Å². The molecule has 0 unspecified atom stereocenters. The van der Waals surface area contributed by atoms with Crippen molar-refractivity contribution in [1.82, 2.24) is 0 Å². The van der Waals surface area contributed by atoms with Crippen LogP contribution in [0.5, 0.6) is 0 Å². The third-order valence-corrected chi connectivity index (χ3v) is 0.751. The van der Waals surface area contributed by atoms with Crippen LogP contribution in [0.15, 0.2) is 16.8 Å². The molecule has 0 heterocycles. The van der Waals surface area contributed by atoms with Crippen molar-refractivity contribution in [3.05, 3.63) is 11.8 Å².